The number of esters is 1. The largest absolute Gasteiger partial charge is 0.502 e. The first-order valence-corrected chi connectivity index (χ1v) is 14.5. The van der Waals surface area contributed by atoms with Crippen LogP contribution in [0.5, 0.6) is 5.75 Å². The van der Waals surface area contributed by atoms with E-state index in [1.807, 2.05) is 30.1 Å². The molecule has 224 valence electrons. The van der Waals surface area contributed by atoms with Crippen LogP contribution in [0.1, 0.15) is 74.9 Å². The van der Waals surface area contributed by atoms with Crippen LogP contribution in [0.3, 0.4) is 0 Å². The molecule has 2 bridgehead atoms. The third-order valence-corrected chi connectivity index (χ3v) is 8.83. The minimum atomic E-state index is -0.949. The van der Waals surface area contributed by atoms with E-state index >= 15 is 0 Å². The lowest BCUT2D eigenvalue weighted by atomic mass is 9.77. The van der Waals surface area contributed by atoms with Gasteiger partial charge in [-0.15, -0.1) is 0 Å². The highest BCUT2D eigenvalue weighted by Gasteiger charge is 2.50. The minimum absolute atomic E-state index is 0.0108. The first-order valence-electron chi connectivity index (χ1n) is 14.5. The maximum atomic E-state index is 14.2. The number of rotatable bonds is 7. The molecule has 7 rings (SSSR count). The van der Waals surface area contributed by atoms with Crippen molar-refractivity contribution in [2.45, 2.75) is 58.0 Å². The van der Waals surface area contributed by atoms with Gasteiger partial charge in [-0.05, 0) is 61.8 Å². The molecule has 1 aliphatic carbocycles. The van der Waals surface area contributed by atoms with Gasteiger partial charge in [0.15, 0.2) is 11.4 Å². The average molecular weight is 589 g/mol. The molecular weight excluding hydrogens is 555 g/mol. The van der Waals surface area contributed by atoms with E-state index in [-0.39, 0.29) is 48.1 Å². The van der Waals surface area contributed by atoms with Crippen LogP contribution >= 0.6 is 0 Å². The van der Waals surface area contributed by atoms with Gasteiger partial charge in [0.2, 0.25) is 5.43 Å². The smallest absolute Gasteiger partial charge is 0.338 e. The van der Waals surface area contributed by atoms with Crippen LogP contribution in [0.4, 0.5) is 4.39 Å². The molecule has 4 aliphatic rings. The van der Waals surface area contributed by atoms with Gasteiger partial charge < -0.3 is 19.6 Å². The van der Waals surface area contributed by atoms with Crippen molar-refractivity contribution in [2.75, 3.05) is 18.6 Å². The summed E-state index contributed by atoms with van der Waals surface area (Å²) >= 11 is 0. The van der Waals surface area contributed by atoms with Crippen LogP contribution in [0.2, 0.25) is 0 Å². The number of pyridine rings is 1. The SMILES string of the molecule is CCN1C(=O)c2c(O)c(=O)c(C(=O)N(C)Cc3ccc(F)cc3C(=O)OCc3ccccc3)cn2N2C3CCC(CC3)C12. The highest BCUT2D eigenvalue weighted by molar-refractivity contribution is 5.99. The second-order valence-electron chi connectivity index (χ2n) is 11.4. The number of benzene rings is 2. The predicted molar refractivity (Wildman–Crippen MR) is 155 cm³/mol. The summed E-state index contributed by atoms with van der Waals surface area (Å²) in [5.74, 6) is -3.07. The molecule has 0 spiro atoms. The van der Waals surface area contributed by atoms with Crippen molar-refractivity contribution in [3.05, 3.63) is 98.7 Å². The Morgan fingerprint density at radius 1 is 1.05 bits per heavy atom. The first-order chi connectivity index (χ1) is 20.7. The Morgan fingerprint density at radius 3 is 2.47 bits per heavy atom. The van der Waals surface area contributed by atoms with Crippen LogP contribution in [-0.4, -0.2) is 63.2 Å². The number of halogens is 1. The molecule has 1 N–H and O–H groups in total. The predicted octanol–water partition coefficient (Wildman–Crippen LogP) is 3.63. The van der Waals surface area contributed by atoms with E-state index in [9.17, 15) is 28.7 Å². The Morgan fingerprint density at radius 2 is 1.77 bits per heavy atom. The number of fused-ring (bicyclic) bond motifs is 3. The molecule has 1 unspecified atom stereocenters. The van der Waals surface area contributed by atoms with Gasteiger partial charge in [-0.3, -0.25) is 24.1 Å². The number of amides is 2. The van der Waals surface area contributed by atoms with E-state index in [4.69, 9.17) is 4.74 Å². The van der Waals surface area contributed by atoms with Crippen LogP contribution in [0.25, 0.3) is 0 Å². The molecule has 4 heterocycles. The normalized spacial score (nSPS) is 20.4. The summed E-state index contributed by atoms with van der Waals surface area (Å²) < 4.78 is 21.1. The molecule has 0 radical (unpaired) electrons. The summed E-state index contributed by atoms with van der Waals surface area (Å²) in [6.45, 7) is 2.14. The van der Waals surface area contributed by atoms with E-state index in [1.54, 1.807) is 17.0 Å². The van der Waals surface area contributed by atoms with E-state index in [2.05, 4.69) is 0 Å². The lowest BCUT2D eigenvalue weighted by molar-refractivity contribution is 0.0159. The van der Waals surface area contributed by atoms with Crippen molar-refractivity contribution in [3.63, 3.8) is 0 Å². The van der Waals surface area contributed by atoms with Crippen LogP contribution in [-0.2, 0) is 17.9 Å². The Labute approximate surface area is 247 Å². The zero-order valence-electron chi connectivity index (χ0n) is 24.0. The molecule has 10 nitrogen and oxygen atoms in total. The fourth-order valence-corrected chi connectivity index (χ4v) is 6.72. The standard InChI is InChI=1S/C32H33FN4O6/c1-3-35-29-20-10-13-23(14-11-20)37(29)36-17-25(27(38)28(39)26(36)31(35)41)30(40)34(2)16-21-9-12-22(33)15-24(21)32(42)43-18-19-7-5-4-6-8-19/h4-9,12,15,17,20,23,29,39H,3,10-11,13-14,16,18H2,1-2H3. The average Bonchev–Trinajstić information content (AvgIpc) is 3.02. The third kappa shape index (κ3) is 4.92. The Balaban J connectivity index is 1.29. The van der Waals surface area contributed by atoms with Crippen LogP contribution in [0.15, 0.2) is 59.5 Å². The molecule has 3 fully saturated rings. The highest BCUT2D eigenvalue weighted by Crippen LogP contribution is 2.43. The zero-order valence-corrected chi connectivity index (χ0v) is 24.0. The van der Waals surface area contributed by atoms with Gasteiger partial charge in [0.1, 0.15) is 24.2 Å². The number of aromatic hydroxyl groups is 1. The van der Waals surface area contributed by atoms with E-state index in [0.717, 1.165) is 37.3 Å². The number of piperidine rings is 2. The van der Waals surface area contributed by atoms with Crippen LogP contribution < -0.4 is 10.4 Å². The minimum Gasteiger partial charge on any atom is -0.502 e. The summed E-state index contributed by atoms with van der Waals surface area (Å²) in [6, 6.07) is 12.8. The van der Waals surface area contributed by atoms with Crippen LogP contribution in [0, 0.1) is 11.7 Å². The lowest BCUT2D eigenvalue weighted by Crippen LogP contribution is -2.71. The summed E-state index contributed by atoms with van der Waals surface area (Å²) in [4.78, 5) is 56.3. The van der Waals surface area contributed by atoms with E-state index in [0.29, 0.717) is 12.1 Å². The highest BCUT2D eigenvalue weighted by atomic mass is 19.1. The quantitative estimate of drug-likeness (QED) is 0.420. The number of nitrogens with zero attached hydrogens (tertiary/aromatic N) is 4. The summed E-state index contributed by atoms with van der Waals surface area (Å²) in [5.41, 5.74) is -0.361. The Hall–Kier alpha value is -4.67. The van der Waals surface area contributed by atoms with Crippen molar-refractivity contribution in [1.82, 2.24) is 14.5 Å². The molecule has 1 saturated carbocycles. The van der Waals surface area contributed by atoms with Crippen molar-refractivity contribution < 1.29 is 28.6 Å². The topological polar surface area (TPSA) is 112 Å². The van der Waals surface area contributed by atoms with Crippen molar-refractivity contribution >= 4 is 17.8 Å². The Kier molecular flexibility index (Phi) is 7.41. The number of hydrogen-bond acceptors (Lipinski definition) is 7. The number of carbonyl (C=O) groups excluding carboxylic acids is 3. The number of aromatic nitrogens is 1. The number of hydrogen-bond donors (Lipinski definition) is 1. The van der Waals surface area contributed by atoms with E-state index < -0.39 is 34.8 Å². The van der Waals surface area contributed by atoms with Gasteiger partial charge in [-0.1, -0.05) is 36.4 Å². The zero-order chi connectivity index (χ0) is 30.4. The van der Waals surface area contributed by atoms with Gasteiger partial charge in [-0.25, -0.2) is 9.18 Å². The summed E-state index contributed by atoms with van der Waals surface area (Å²) in [7, 11) is 1.45. The lowest BCUT2D eigenvalue weighted by Gasteiger charge is -2.58. The van der Waals surface area contributed by atoms with Gasteiger partial charge in [0.25, 0.3) is 11.8 Å². The molecule has 1 aromatic heterocycles. The Bertz CT molecular complexity index is 1650. The maximum absolute atomic E-state index is 14.2. The van der Waals surface area contributed by atoms with E-state index in [1.165, 1.54) is 35.0 Å². The molecule has 1 atom stereocenters. The molecule has 3 aromatic rings. The molecule has 43 heavy (non-hydrogen) atoms. The van der Waals surface area contributed by atoms with Crippen molar-refractivity contribution in [2.24, 2.45) is 5.92 Å². The second-order valence-corrected chi connectivity index (χ2v) is 11.4. The summed E-state index contributed by atoms with van der Waals surface area (Å²) in [6.07, 6.45) is 4.93. The monoisotopic (exact) mass is 588 g/mol. The molecule has 2 aromatic carbocycles. The molecule has 3 aliphatic heterocycles. The molecule has 2 amide bonds. The van der Waals surface area contributed by atoms with Crippen molar-refractivity contribution in [1.29, 1.82) is 0 Å². The fraction of sp³-hybridized carbons (Fsp3) is 0.375. The third-order valence-electron chi connectivity index (χ3n) is 8.83. The van der Waals surface area contributed by atoms with Gasteiger partial charge in [0, 0.05) is 32.4 Å². The van der Waals surface area contributed by atoms with Gasteiger partial charge in [0.05, 0.1) is 5.56 Å². The second kappa shape index (κ2) is 11.2. The fourth-order valence-electron chi connectivity index (χ4n) is 6.72. The molecular formula is C32H33FN4O6. The number of ether oxygens (including phenoxy) is 1. The molecule has 2 saturated heterocycles. The number of carbonyl (C=O) groups is 3. The van der Waals surface area contributed by atoms with Gasteiger partial charge in [-0.2, -0.15) is 0 Å². The van der Waals surface area contributed by atoms with Gasteiger partial charge >= 0.3 is 5.97 Å². The summed E-state index contributed by atoms with van der Waals surface area (Å²) in [5, 5.41) is 13.0. The molecule has 11 heteroatoms. The first kappa shape index (κ1) is 28.4. The van der Waals surface area contributed by atoms with Crippen molar-refractivity contribution in [3.8, 4) is 5.75 Å². The maximum Gasteiger partial charge on any atom is 0.338 e.